The maximum Gasteiger partial charge on any atom is 0.346 e. The van der Waals surface area contributed by atoms with Gasteiger partial charge in [-0.2, -0.15) is 0 Å². The Morgan fingerprint density at radius 3 is 2.53 bits per heavy atom. The fraction of sp³-hybridized carbons (Fsp3) is 0.545. The highest BCUT2D eigenvalue weighted by Gasteiger charge is 2.25. The van der Waals surface area contributed by atoms with Crippen LogP contribution in [-0.4, -0.2) is 48.6 Å². The van der Waals surface area contributed by atoms with Crippen LogP contribution in [0, 0.1) is 6.92 Å². The first kappa shape index (κ1) is 16.1. The van der Waals surface area contributed by atoms with Gasteiger partial charge in [0.2, 0.25) is 0 Å². The number of nitrogens with zero attached hydrogens (tertiary/aromatic N) is 1. The molecule has 0 radical (unpaired) electrons. The van der Waals surface area contributed by atoms with Crippen molar-refractivity contribution in [1.82, 2.24) is 4.31 Å². The van der Waals surface area contributed by atoms with Crippen molar-refractivity contribution in [2.75, 3.05) is 13.6 Å². The number of carboxylic acids is 1. The van der Waals surface area contributed by atoms with Crippen molar-refractivity contribution in [3.05, 3.63) is 16.5 Å². The summed E-state index contributed by atoms with van der Waals surface area (Å²) in [5.74, 6) is -1.13. The summed E-state index contributed by atoms with van der Waals surface area (Å²) < 4.78 is 25.5. The van der Waals surface area contributed by atoms with Crippen LogP contribution < -0.4 is 0 Å². The second-order valence-electron chi connectivity index (χ2n) is 4.35. The molecule has 6 nitrogen and oxygen atoms in total. The third-order valence-electron chi connectivity index (χ3n) is 2.62. The van der Waals surface area contributed by atoms with Gasteiger partial charge in [0.1, 0.15) is 9.09 Å². The van der Waals surface area contributed by atoms with Gasteiger partial charge >= 0.3 is 5.97 Å². The summed E-state index contributed by atoms with van der Waals surface area (Å²) in [7, 11) is -2.28. The molecule has 19 heavy (non-hydrogen) atoms. The molecule has 0 fully saturated rings. The Labute approximate surface area is 116 Å². The minimum Gasteiger partial charge on any atom is -0.477 e. The highest BCUT2D eigenvalue weighted by Crippen LogP contribution is 2.28. The molecule has 1 aromatic heterocycles. The first-order valence-corrected chi connectivity index (χ1v) is 7.90. The van der Waals surface area contributed by atoms with Crippen LogP contribution in [-0.2, 0) is 10.0 Å². The Morgan fingerprint density at radius 2 is 2.11 bits per heavy atom. The lowest BCUT2D eigenvalue weighted by Crippen LogP contribution is -2.29. The van der Waals surface area contributed by atoms with Gasteiger partial charge in [-0.25, -0.2) is 17.5 Å². The van der Waals surface area contributed by atoms with E-state index in [0.717, 1.165) is 15.6 Å². The first-order chi connectivity index (χ1) is 8.66. The van der Waals surface area contributed by atoms with E-state index in [0.29, 0.717) is 12.0 Å². The zero-order valence-electron chi connectivity index (χ0n) is 11.0. The van der Waals surface area contributed by atoms with Crippen molar-refractivity contribution < 1.29 is 23.4 Å². The number of hydrogen-bond donors (Lipinski definition) is 2. The topological polar surface area (TPSA) is 94.9 Å². The number of carbonyl (C=O) groups is 1. The molecule has 8 heteroatoms. The van der Waals surface area contributed by atoms with E-state index in [1.807, 2.05) is 0 Å². The lowest BCUT2D eigenvalue weighted by atomic mass is 10.3. The van der Waals surface area contributed by atoms with Crippen LogP contribution in [0.4, 0.5) is 0 Å². The zero-order valence-corrected chi connectivity index (χ0v) is 12.6. The number of hydrogen-bond acceptors (Lipinski definition) is 5. The molecule has 0 bridgehead atoms. The number of aliphatic hydroxyl groups excluding tert-OH is 1. The molecule has 0 saturated carbocycles. The summed E-state index contributed by atoms with van der Waals surface area (Å²) >= 11 is 0.745. The molecule has 0 aliphatic rings. The highest BCUT2D eigenvalue weighted by molar-refractivity contribution is 7.91. The molecule has 0 amide bonds. The van der Waals surface area contributed by atoms with Gasteiger partial charge in [0.05, 0.1) is 6.10 Å². The van der Waals surface area contributed by atoms with Crippen LogP contribution in [0.2, 0.25) is 0 Å². The molecule has 0 spiro atoms. The lowest BCUT2D eigenvalue weighted by molar-refractivity contribution is 0.0701. The number of carboxylic acid groups (broad SMARTS) is 1. The molecule has 1 rings (SSSR count). The second kappa shape index (κ2) is 6.00. The molecule has 0 saturated heterocycles. The van der Waals surface area contributed by atoms with E-state index in [1.54, 1.807) is 13.8 Å². The normalized spacial score (nSPS) is 13.7. The third-order valence-corrected chi connectivity index (χ3v) is 6.15. The predicted octanol–water partition coefficient (Wildman–Crippen LogP) is 1.15. The van der Waals surface area contributed by atoms with Crippen LogP contribution in [0.25, 0.3) is 0 Å². The Bertz CT molecular complexity index is 562. The largest absolute Gasteiger partial charge is 0.477 e. The van der Waals surface area contributed by atoms with Gasteiger partial charge < -0.3 is 10.2 Å². The van der Waals surface area contributed by atoms with Gasteiger partial charge in [-0.15, -0.1) is 11.3 Å². The third kappa shape index (κ3) is 3.75. The van der Waals surface area contributed by atoms with E-state index in [1.165, 1.54) is 13.1 Å². The lowest BCUT2D eigenvalue weighted by Gasteiger charge is -2.16. The van der Waals surface area contributed by atoms with E-state index < -0.39 is 22.1 Å². The number of thiophene rings is 1. The Hall–Kier alpha value is -0.960. The van der Waals surface area contributed by atoms with Crippen molar-refractivity contribution in [1.29, 1.82) is 0 Å². The summed E-state index contributed by atoms with van der Waals surface area (Å²) in [6.45, 7) is 3.33. The van der Waals surface area contributed by atoms with E-state index in [9.17, 15) is 13.2 Å². The SMILES string of the molecule is Cc1cc(S(=O)(=O)N(C)CCC(C)O)sc1C(=O)O. The Balaban J connectivity index is 3.00. The molecule has 1 aromatic rings. The number of aromatic carboxylic acids is 1. The second-order valence-corrected chi connectivity index (χ2v) is 7.67. The van der Waals surface area contributed by atoms with Gasteiger partial charge in [0.25, 0.3) is 10.0 Å². The molecular formula is C11H17NO5S2. The van der Waals surface area contributed by atoms with Crippen LogP contribution in [0.1, 0.15) is 28.6 Å². The van der Waals surface area contributed by atoms with E-state index in [2.05, 4.69) is 0 Å². The maximum absolute atomic E-state index is 12.2. The Kier molecular flexibility index (Phi) is 5.08. The van der Waals surface area contributed by atoms with Crippen molar-refractivity contribution in [3.63, 3.8) is 0 Å². The van der Waals surface area contributed by atoms with E-state index in [-0.39, 0.29) is 15.6 Å². The summed E-state index contributed by atoms with van der Waals surface area (Å²) in [4.78, 5) is 10.9. The van der Waals surface area contributed by atoms with Gasteiger partial charge in [0, 0.05) is 13.6 Å². The number of aryl methyl sites for hydroxylation is 1. The quantitative estimate of drug-likeness (QED) is 0.822. The average molecular weight is 307 g/mol. The molecule has 1 unspecified atom stereocenters. The standard InChI is InChI=1S/C11H17NO5S2/c1-7-6-9(18-10(7)11(14)15)19(16,17)12(3)5-4-8(2)13/h6,8,13H,4-5H2,1-3H3,(H,14,15). The number of sulfonamides is 1. The molecule has 1 heterocycles. The minimum atomic E-state index is -3.69. The molecule has 1 atom stereocenters. The zero-order chi connectivity index (χ0) is 14.8. The molecule has 108 valence electrons. The van der Waals surface area contributed by atoms with Gasteiger partial charge in [-0.3, -0.25) is 0 Å². The van der Waals surface area contributed by atoms with Gasteiger partial charge in [-0.1, -0.05) is 0 Å². The summed E-state index contributed by atoms with van der Waals surface area (Å²) in [6.07, 6.45) is -0.261. The minimum absolute atomic E-state index is 0.00972. The first-order valence-electron chi connectivity index (χ1n) is 5.64. The fourth-order valence-corrected chi connectivity index (χ4v) is 4.21. The van der Waals surface area contributed by atoms with Crippen molar-refractivity contribution in [2.24, 2.45) is 0 Å². The van der Waals surface area contributed by atoms with Crippen molar-refractivity contribution in [3.8, 4) is 0 Å². The molecule has 2 N–H and O–H groups in total. The smallest absolute Gasteiger partial charge is 0.346 e. The molecule has 0 aliphatic carbocycles. The van der Waals surface area contributed by atoms with Gasteiger partial charge in [-0.05, 0) is 31.9 Å². The summed E-state index contributed by atoms with van der Waals surface area (Å²) in [6, 6.07) is 1.36. The van der Waals surface area contributed by atoms with Crippen LogP contribution >= 0.6 is 11.3 Å². The summed E-state index contributed by atoms with van der Waals surface area (Å²) in [5.41, 5.74) is 0.431. The molecule has 0 aliphatic heterocycles. The van der Waals surface area contributed by atoms with Crippen LogP contribution in [0.15, 0.2) is 10.3 Å². The predicted molar refractivity (Wildman–Crippen MR) is 72.1 cm³/mol. The number of aliphatic hydroxyl groups is 1. The van der Waals surface area contributed by atoms with E-state index >= 15 is 0 Å². The Morgan fingerprint density at radius 1 is 1.53 bits per heavy atom. The average Bonchev–Trinajstić information content (AvgIpc) is 2.68. The number of rotatable bonds is 6. The van der Waals surface area contributed by atoms with Crippen LogP contribution in [0.3, 0.4) is 0 Å². The van der Waals surface area contributed by atoms with Crippen molar-refractivity contribution >= 4 is 27.3 Å². The monoisotopic (exact) mass is 307 g/mol. The summed E-state index contributed by atoms with van der Waals surface area (Å²) in [5, 5.41) is 18.1. The highest BCUT2D eigenvalue weighted by atomic mass is 32.2. The van der Waals surface area contributed by atoms with Crippen molar-refractivity contribution in [2.45, 2.75) is 30.6 Å². The fourth-order valence-electron chi connectivity index (χ4n) is 1.43. The molecule has 0 aromatic carbocycles. The van der Waals surface area contributed by atoms with Gasteiger partial charge in [0.15, 0.2) is 0 Å². The molecular weight excluding hydrogens is 290 g/mol. The van der Waals surface area contributed by atoms with E-state index in [4.69, 9.17) is 10.2 Å². The van der Waals surface area contributed by atoms with Crippen LogP contribution in [0.5, 0.6) is 0 Å². The maximum atomic E-state index is 12.2.